The third kappa shape index (κ3) is 20.5. The Bertz CT molecular complexity index is 558. The van der Waals surface area contributed by atoms with Gasteiger partial charge in [-0.15, -0.1) is 0 Å². The predicted octanol–water partition coefficient (Wildman–Crippen LogP) is 12.5. The first-order valence-electron chi connectivity index (χ1n) is 19.9. The van der Waals surface area contributed by atoms with Crippen LogP contribution in [0.4, 0.5) is 0 Å². The third-order valence-corrected chi connectivity index (χ3v) is 13.0. The van der Waals surface area contributed by atoms with Gasteiger partial charge in [-0.05, 0) is 50.0 Å². The second kappa shape index (κ2) is 27.7. The lowest BCUT2D eigenvalue weighted by molar-refractivity contribution is 0.267. The fourth-order valence-electron chi connectivity index (χ4n) is 7.52. The summed E-state index contributed by atoms with van der Waals surface area (Å²) in [6.07, 6.45) is 38.7. The lowest BCUT2D eigenvalue weighted by Gasteiger charge is -2.44. The van der Waals surface area contributed by atoms with Crippen LogP contribution in [0, 0.1) is 0 Å². The summed E-state index contributed by atoms with van der Waals surface area (Å²) < 4.78 is 0. The van der Waals surface area contributed by atoms with Gasteiger partial charge in [0, 0.05) is 34.7 Å². The van der Waals surface area contributed by atoms with Crippen LogP contribution in [-0.2, 0) is 0 Å². The molecule has 2 fully saturated rings. The molecule has 2 N–H and O–H groups in total. The van der Waals surface area contributed by atoms with Crippen molar-refractivity contribution < 1.29 is 0 Å². The molecule has 2 aliphatic rings. The third-order valence-electron chi connectivity index (χ3n) is 10.1. The first kappa shape index (κ1) is 39.8. The van der Waals surface area contributed by atoms with Gasteiger partial charge < -0.3 is 10.6 Å². The first-order valence-corrected chi connectivity index (χ1v) is 22.0. The van der Waals surface area contributed by atoms with E-state index in [9.17, 15) is 0 Å². The number of unbranched alkanes of at least 4 members (excludes halogenated alkanes) is 18. The van der Waals surface area contributed by atoms with Gasteiger partial charge in [0.2, 0.25) is 0 Å². The molecule has 43 heavy (non-hydrogen) atoms. The molecule has 2 unspecified atom stereocenters. The molecule has 0 heterocycles. The average molecular weight is 639 g/mol. The first-order chi connectivity index (χ1) is 21.1. The van der Waals surface area contributed by atoms with Crippen molar-refractivity contribution in [1.29, 1.82) is 0 Å². The smallest absolute Gasteiger partial charge is 0.0308 e. The van der Waals surface area contributed by atoms with Gasteiger partial charge in [0.1, 0.15) is 0 Å². The van der Waals surface area contributed by atoms with Crippen LogP contribution in [-0.4, -0.2) is 46.2 Å². The predicted molar refractivity (Wildman–Crippen MR) is 201 cm³/mol. The highest BCUT2D eigenvalue weighted by Gasteiger charge is 2.39. The van der Waals surface area contributed by atoms with Crippen LogP contribution in [0.25, 0.3) is 0 Å². The lowest BCUT2D eigenvalue weighted by Crippen LogP contribution is -2.57. The van der Waals surface area contributed by atoms with Crippen LogP contribution in [0.5, 0.6) is 0 Å². The van der Waals surface area contributed by atoms with Crippen LogP contribution >= 0.6 is 23.5 Å². The normalized spacial score (nSPS) is 23.4. The molecule has 0 saturated heterocycles. The molecule has 0 radical (unpaired) electrons. The minimum absolute atomic E-state index is 0.578. The van der Waals surface area contributed by atoms with Gasteiger partial charge >= 0.3 is 0 Å². The molecule has 0 aliphatic heterocycles. The van der Waals surface area contributed by atoms with Gasteiger partial charge in [0.05, 0.1) is 0 Å². The zero-order valence-electron chi connectivity index (χ0n) is 29.8. The summed E-state index contributed by atoms with van der Waals surface area (Å²) in [7, 11) is 0. The van der Waals surface area contributed by atoms with Crippen molar-refractivity contribution in [2.24, 2.45) is 0 Å². The molecular weight excluding hydrogens is 561 g/mol. The summed E-state index contributed by atoms with van der Waals surface area (Å²) in [6.45, 7) is 9.39. The Morgan fingerprint density at radius 1 is 0.512 bits per heavy atom. The highest BCUT2D eigenvalue weighted by Crippen LogP contribution is 2.37. The van der Waals surface area contributed by atoms with Gasteiger partial charge in [-0.1, -0.05) is 163 Å². The summed E-state index contributed by atoms with van der Waals surface area (Å²) in [5.41, 5.74) is 0. The molecule has 256 valence electrons. The van der Waals surface area contributed by atoms with E-state index in [1.165, 1.54) is 185 Å². The fourth-order valence-corrected chi connectivity index (χ4v) is 10.7. The minimum atomic E-state index is 0.578. The monoisotopic (exact) mass is 639 g/mol. The second-order valence-electron chi connectivity index (χ2n) is 14.7. The van der Waals surface area contributed by atoms with Crippen LogP contribution < -0.4 is 10.6 Å². The molecule has 2 aliphatic carbocycles. The Hall–Kier alpha value is 0.620. The number of rotatable bonds is 28. The number of hydrogen-bond donors (Lipinski definition) is 2. The standard InChI is InChI=1S/C39H78N2S2/c1-5-7-9-11-13-15-17-19-21-26-30-42-37-32-36(41-35-28-24-23-25-29-35)33-38(39(37)40-34(3)4)43-31-27-22-20-18-16-14-12-10-8-6-2/h34-41H,5-33H2,1-4H3. The summed E-state index contributed by atoms with van der Waals surface area (Å²) in [5, 5.41) is 9.87. The van der Waals surface area contributed by atoms with Gasteiger partial charge in [-0.3, -0.25) is 0 Å². The second-order valence-corrected chi connectivity index (χ2v) is 17.4. The zero-order chi connectivity index (χ0) is 30.8. The van der Waals surface area contributed by atoms with E-state index in [-0.39, 0.29) is 0 Å². The van der Waals surface area contributed by atoms with Gasteiger partial charge in [0.25, 0.3) is 0 Å². The summed E-state index contributed by atoms with van der Waals surface area (Å²) in [5.74, 6) is 2.73. The quantitative estimate of drug-likeness (QED) is 0.0833. The Labute approximate surface area is 280 Å². The maximum Gasteiger partial charge on any atom is 0.0308 e. The van der Waals surface area contributed by atoms with Crippen molar-refractivity contribution in [3.8, 4) is 0 Å². The summed E-state index contributed by atoms with van der Waals surface area (Å²) in [4.78, 5) is 0. The molecule has 4 heteroatoms. The van der Waals surface area contributed by atoms with E-state index in [4.69, 9.17) is 0 Å². The molecule has 2 saturated carbocycles. The van der Waals surface area contributed by atoms with E-state index in [1.807, 2.05) is 0 Å². The van der Waals surface area contributed by atoms with E-state index in [0.29, 0.717) is 12.1 Å². The molecular formula is C39H78N2S2. The highest BCUT2D eigenvalue weighted by molar-refractivity contribution is 8.00. The van der Waals surface area contributed by atoms with Crippen LogP contribution in [0.2, 0.25) is 0 Å². The summed E-state index contributed by atoms with van der Waals surface area (Å²) >= 11 is 4.68. The maximum atomic E-state index is 4.22. The number of hydrogen-bond acceptors (Lipinski definition) is 4. The molecule has 0 aromatic carbocycles. The molecule has 0 aromatic heterocycles. The lowest BCUT2D eigenvalue weighted by atomic mass is 9.87. The van der Waals surface area contributed by atoms with E-state index >= 15 is 0 Å². The Morgan fingerprint density at radius 2 is 0.907 bits per heavy atom. The van der Waals surface area contributed by atoms with Gasteiger partial charge in [0.15, 0.2) is 0 Å². The van der Waals surface area contributed by atoms with Gasteiger partial charge in [-0.25, -0.2) is 0 Å². The molecule has 0 amide bonds. The van der Waals surface area contributed by atoms with Crippen LogP contribution in [0.15, 0.2) is 0 Å². The van der Waals surface area contributed by atoms with E-state index in [0.717, 1.165) is 22.6 Å². The number of thioether (sulfide) groups is 2. The molecule has 0 spiro atoms. The van der Waals surface area contributed by atoms with E-state index in [2.05, 4.69) is 61.9 Å². The van der Waals surface area contributed by atoms with Gasteiger partial charge in [-0.2, -0.15) is 23.5 Å². The largest absolute Gasteiger partial charge is 0.311 e. The SMILES string of the molecule is CCCCCCCCCCCCSC1CC(NC2CCCCC2)CC(SCCCCCCCCCCCC)C1NC(C)C. The van der Waals surface area contributed by atoms with Crippen molar-refractivity contribution in [3.63, 3.8) is 0 Å². The maximum absolute atomic E-state index is 4.22. The van der Waals surface area contributed by atoms with E-state index in [1.54, 1.807) is 0 Å². The van der Waals surface area contributed by atoms with Crippen LogP contribution in [0.3, 0.4) is 0 Å². The van der Waals surface area contributed by atoms with Crippen molar-refractivity contribution in [2.75, 3.05) is 11.5 Å². The minimum Gasteiger partial charge on any atom is -0.311 e. The fraction of sp³-hybridized carbons (Fsp3) is 1.00. The average Bonchev–Trinajstić information content (AvgIpc) is 3.00. The summed E-state index contributed by atoms with van der Waals surface area (Å²) in [6, 6.07) is 2.76. The highest BCUT2D eigenvalue weighted by atomic mass is 32.2. The molecule has 0 aromatic rings. The topological polar surface area (TPSA) is 24.1 Å². The zero-order valence-corrected chi connectivity index (χ0v) is 31.4. The van der Waals surface area contributed by atoms with Crippen molar-refractivity contribution in [3.05, 3.63) is 0 Å². The van der Waals surface area contributed by atoms with Crippen molar-refractivity contribution in [1.82, 2.24) is 10.6 Å². The van der Waals surface area contributed by atoms with Crippen molar-refractivity contribution in [2.45, 2.75) is 236 Å². The molecule has 2 nitrogen and oxygen atoms in total. The Morgan fingerprint density at radius 3 is 1.30 bits per heavy atom. The molecule has 2 atom stereocenters. The molecule has 2 rings (SSSR count). The van der Waals surface area contributed by atoms with Crippen LogP contribution in [0.1, 0.15) is 201 Å². The molecule has 0 bridgehead atoms. The van der Waals surface area contributed by atoms with Crippen molar-refractivity contribution >= 4 is 23.5 Å². The Kier molecular flexibility index (Phi) is 25.6. The number of nitrogens with one attached hydrogen (secondary N) is 2. The van der Waals surface area contributed by atoms with E-state index < -0.39 is 0 Å². The Balaban J connectivity index is 1.77.